The van der Waals surface area contributed by atoms with Gasteiger partial charge in [-0.2, -0.15) is 0 Å². The quantitative estimate of drug-likeness (QED) is 0.326. The number of methoxy groups -OCH3 is 1. The fraction of sp³-hybridized carbons (Fsp3) is 0.267. The summed E-state index contributed by atoms with van der Waals surface area (Å²) < 4.78 is 18.7. The van der Waals surface area contributed by atoms with Crippen molar-refractivity contribution in [1.82, 2.24) is 9.88 Å². The van der Waals surface area contributed by atoms with Gasteiger partial charge in [-0.05, 0) is 85.0 Å². The molecule has 1 aliphatic heterocycles. The lowest BCUT2D eigenvalue weighted by molar-refractivity contribution is -0.132. The zero-order valence-electron chi connectivity index (χ0n) is 20.3. The van der Waals surface area contributed by atoms with Gasteiger partial charge in [-0.15, -0.1) is 0 Å². The average molecular weight is 485 g/mol. The molecule has 1 saturated heterocycles. The van der Waals surface area contributed by atoms with Gasteiger partial charge >= 0.3 is 0 Å². The number of aromatic nitrogens is 1. The summed E-state index contributed by atoms with van der Waals surface area (Å²) in [5.41, 5.74) is 4.57. The Morgan fingerprint density at radius 2 is 1.67 bits per heavy atom. The molecule has 1 amide bonds. The van der Waals surface area contributed by atoms with Gasteiger partial charge in [0.2, 0.25) is 5.91 Å². The van der Waals surface area contributed by atoms with Crippen LogP contribution in [0.5, 0.6) is 5.75 Å². The average Bonchev–Trinajstić information content (AvgIpc) is 3.30. The molecule has 0 aliphatic carbocycles. The second-order valence-electron chi connectivity index (χ2n) is 9.28. The lowest BCUT2D eigenvalue weighted by atomic mass is 9.88. The summed E-state index contributed by atoms with van der Waals surface area (Å²) in [6, 6.07) is 21.7. The van der Waals surface area contributed by atoms with Gasteiger partial charge in [0.05, 0.1) is 7.11 Å². The number of H-pyrrole nitrogens is 1. The van der Waals surface area contributed by atoms with Crippen molar-refractivity contribution in [2.45, 2.75) is 25.7 Å². The van der Waals surface area contributed by atoms with Gasteiger partial charge in [0.1, 0.15) is 11.6 Å². The second-order valence-corrected chi connectivity index (χ2v) is 9.28. The Bertz CT molecular complexity index is 1370. The molecule has 0 unspecified atom stereocenters. The Kier molecular flexibility index (Phi) is 6.85. The molecule has 0 radical (unpaired) electrons. The first-order chi connectivity index (χ1) is 17.5. The van der Waals surface area contributed by atoms with Gasteiger partial charge in [-0.25, -0.2) is 4.39 Å². The Morgan fingerprint density at radius 1 is 0.972 bits per heavy atom. The van der Waals surface area contributed by atoms with Crippen LogP contribution in [0.3, 0.4) is 0 Å². The molecule has 0 saturated carbocycles. The van der Waals surface area contributed by atoms with Crippen molar-refractivity contribution in [1.29, 1.82) is 0 Å². The number of halogens is 1. The molecule has 3 aromatic carbocycles. The molecular formula is C30H29FN2O3. The summed E-state index contributed by atoms with van der Waals surface area (Å²) in [6.07, 6.45) is 2.31. The third-order valence-electron chi connectivity index (χ3n) is 7.13. The van der Waals surface area contributed by atoms with Crippen LogP contribution >= 0.6 is 0 Å². The third kappa shape index (κ3) is 4.89. The predicted molar refractivity (Wildman–Crippen MR) is 139 cm³/mol. The minimum absolute atomic E-state index is 0.0684. The number of carbonyl (C=O) groups excluding carboxylic acids is 2. The molecule has 1 N–H and O–H groups in total. The maximum absolute atomic E-state index is 13.5. The molecular weight excluding hydrogens is 455 g/mol. The zero-order chi connectivity index (χ0) is 25.1. The molecule has 6 heteroatoms. The third-order valence-corrected chi connectivity index (χ3v) is 7.13. The Morgan fingerprint density at radius 3 is 2.36 bits per heavy atom. The van der Waals surface area contributed by atoms with E-state index in [0.717, 1.165) is 33.5 Å². The molecule has 0 bridgehead atoms. The molecule has 5 nitrogen and oxygen atoms in total. The van der Waals surface area contributed by atoms with Crippen molar-refractivity contribution in [2.75, 3.05) is 20.2 Å². The van der Waals surface area contributed by atoms with E-state index in [9.17, 15) is 14.0 Å². The molecule has 1 fully saturated rings. The number of ketones is 1. The van der Waals surface area contributed by atoms with E-state index in [2.05, 4.69) is 11.1 Å². The Balaban J connectivity index is 1.24. The maximum Gasteiger partial charge on any atom is 0.222 e. The highest BCUT2D eigenvalue weighted by Gasteiger charge is 2.28. The normalized spacial score (nSPS) is 14.2. The van der Waals surface area contributed by atoms with Gasteiger partial charge in [-0.1, -0.05) is 18.2 Å². The smallest absolute Gasteiger partial charge is 0.222 e. The minimum Gasteiger partial charge on any atom is -0.497 e. The van der Waals surface area contributed by atoms with E-state index >= 15 is 0 Å². The first kappa shape index (κ1) is 23.8. The first-order valence-corrected chi connectivity index (χ1v) is 12.3. The predicted octanol–water partition coefficient (Wildman–Crippen LogP) is 6.04. The molecule has 184 valence electrons. The number of hydrogen-bond donors (Lipinski definition) is 1. The van der Waals surface area contributed by atoms with Crippen LogP contribution in [0, 0.1) is 11.7 Å². The van der Waals surface area contributed by atoms with Crippen molar-refractivity contribution < 1.29 is 18.7 Å². The summed E-state index contributed by atoms with van der Waals surface area (Å²) in [7, 11) is 1.60. The lowest BCUT2D eigenvalue weighted by Gasteiger charge is -2.31. The van der Waals surface area contributed by atoms with E-state index in [1.165, 1.54) is 12.1 Å². The number of likely N-dealkylation sites (tertiary alicyclic amines) is 1. The van der Waals surface area contributed by atoms with Crippen LogP contribution in [0.15, 0.2) is 72.8 Å². The molecule has 1 aromatic heterocycles. The fourth-order valence-corrected chi connectivity index (χ4v) is 5.09. The number of para-hydroxylation sites is 1. The van der Waals surface area contributed by atoms with Crippen LogP contribution in [0.4, 0.5) is 4.39 Å². The summed E-state index contributed by atoms with van der Waals surface area (Å²) >= 11 is 0. The van der Waals surface area contributed by atoms with E-state index < -0.39 is 0 Å². The minimum atomic E-state index is -0.277. The number of amides is 1. The summed E-state index contributed by atoms with van der Waals surface area (Å²) in [4.78, 5) is 31.3. The highest BCUT2D eigenvalue weighted by Crippen LogP contribution is 2.32. The number of nitrogens with one attached hydrogen (secondary N) is 1. The zero-order valence-corrected chi connectivity index (χ0v) is 20.3. The Labute approximate surface area is 209 Å². The number of piperidine rings is 1. The van der Waals surface area contributed by atoms with Crippen molar-refractivity contribution in [3.8, 4) is 17.0 Å². The molecule has 1 aliphatic rings. The van der Waals surface area contributed by atoms with E-state index in [1.807, 2.05) is 23.1 Å². The van der Waals surface area contributed by atoms with Crippen molar-refractivity contribution in [2.24, 2.45) is 5.92 Å². The number of nitrogens with zero attached hydrogens (tertiary/aromatic N) is 1. The highest BCUT2D eigenvalue weighted by atomic mass is 19.1. The van der Waals surface area contributed by atoms with Crippen molar-refractivity contribution in [3.63, 3.8) is 0 Å². The molecule has 2 heterocycles. The number of carbonyl (C=O) groups is 2. The van der Waals surface area contributed by atoms with E-state index in [-0.39, 0.29) is 23.4 Å². The van der Waals surface area contributed by atoms with E-state index in [4.69, 9.17) is 4.74 Å². The second kappa shape index (κ2) is 10.4. The van der Waals surface area contributed by atoms with E-state index in [0.29, 0.717) is 44.3 Å². The number of hydrogen-bond acceptors (Lipinski definition) is 3. The molecule has 0 spiro atoms. The number of Topliss-reactive ketones (excluding diaryl/α,β-unsaturated/α-hetero) is 1. The van der Waals surface area contributed by atoms with Crippen LogP contribution in [0.1, 0.15) is 35.2 Å². The van der Waals surface area contributed by atoms with Crippen LogP contribution in [0.25, 0.3) is 22.2 Å². The van der Waals surface area contributed by atoms with Crippen molar-refractivity contribution in [3.05, 3.63) is 89.7 Å². The number of aryl methyl sites for hydroxylation is 1. The largest absolute Gasteiger partial charge is 0.497 e. The van der Waals surface area contributed by atoms with E-state index in [1.54, 1.807) is 43.5 Å². The molecule has 36 heavy (non-hydrogen) atoms. The number of aromatic amines is 1. The SMILES string of the molecule is COc1ccc(C(=O)C2CCN(C(=O)CCc3c(-c4ccc(F)cc4)[nH]c4ccccc34)CC2)cc1. The number of rotatable bonds is 7. The van der Waals surface area contributed by atoms with Crippen LogP contribution in [-0.4, -0.2) is 41.8 Å². The molecule has 0 atom stereocenters. The Hall–Kier alpha value is -3.93. The summed E-state index contributed by atoms with van der Waals surface area (Å²) in [6.45, 7) is 1.17. The number of ether oxygens (including phenoxy) is 1. The van der Waals surface area contributed by atoms with Crippen LogP contribution in [0.2, 0.25) is 0 Å². The van der Waals surface area contributed by atoms with Gasteiger partial charge < -0.3 is 14.6 Å². The maximum atomic E-state index is 13.5. The van der Waals surface area contributed by atoms with Gasteiger partial charge in [0.15, 0.2) is 5.78 Å². The van der Waals surface area contributed by atoms with Crippen LogP contribution in [-0.2, 0) is 11.2 Å². The number of fused-ring (bicyclic) bond motifs is 1. The first-order valence-electron chi connectivity index (χ1n) is 12.3. The van der Waals surface area contributed by atoms with Crippen molar-refractivity contribution >= 4 is 22.6 Å². The van der Waals surface area contributed by atoms with Gasteiger partial charge in [0, 0.05) is 47.6 Å². The molecule has 5 rings (SSSR count). The molecule has 4 aromatic rings. The topological polar surface area (TPSA) is 62.4 Å². The van der Waals surface area contributed by atoms with Gasteiger partial charge in [0.25, 0.3) is 0 Å². The monoisotopic (exact) mass is 484 g/mol. The fourth-order valence-electron chi connectivity index (χ4n) is 5.09. The standard InChI is InChI=1S/C30H29FN2O3/c1-36-24-12-8-21(9-13-24)30(35)22-16-18-33(19-17-22)28(34)15-14-26-25-4-2-3-5-27(25)32-29(26)20-6-10-23(31)11-7-20/h2-13,22,32H,14-19H2,1H3. The highest BCUT2D eigenvalue weighted by molar-refractivity contribution is 5.98. The van der Waals surface area contributed by atoms with Gasteiger partial charge in [-0.3, -0.25) is 9.59 Å². The summed E-state index contributed by atoms with van der Waals surface area (Å²) in [5, 5.41) is 1.08. The summed E-state index contributed by atoms with van der Waals surface area (Å²) in [5.74, 6) is 0.611. The number of benzene rings is 3. The lowest BCUT2D eigenvalue weighted by Crippen LogP contribution is -2.40. The van der Waals surface area contributed by atoms with Crippen LogP contribution < -0.4 is 4.74 Å².